The van der Waals surface area contributed by atoms with Crippen LogP contribution in [0.1, 0.15) is 17.3 Å². The summed E-state index contributed by atoms with van der Waals surface area (Å²) in [5.41, 5.74) is -0.0583. The van der Waals surface area contributed by atoms with Gasteiger partial charge in [0.2, 0.25) is 34.8 Å². The van der Waals surface area contributed by atoms with Crippen molar-refractivity contribution in [1.82, 2.24) is 0 Å². The summed E-state index contributed by atoms with van der Waals surface area (Å²) in [6.07, 6.45) is 0. The molecule has 0 aliphatic carbocycles. The molecule has 4 nitrogen and oxygen atoms in total. The topological polar surface area (TPSA) is 60.4 Å². The van der Waals surface area contributed by atoms with Gasteiger partial charge in [0, 0.05) is 5.56 Å². The zero-order valence-corrected chi connectivity index (χ0v) is 12.6. The molecule has 0 radical (unpaired) electrons. The van der Waals surface area contributed by atoms with Crippen molar-refractivity contribution in [3.8, 4) is 5.75 Å². The van der Waals surface area contributed by atoms with Gasteiger partial charge in [-0.3, -0.25) is 4.79 Å². The van der Waals surface area contributed by atoms with Crippen LogP contribution in [0.2, 0.25) is 0 Å². The highest BCUT2D eigenvalue weighted by molar-refractivity contribution is 7.87. The molecule has 0 aliphatic heterocycles. The van der Waals surface area contributed by atoms with Gasteiger partial charge in [0.1, 0.15) is 4.90 Å². The number of benzene rings is 2. The van der Waals surface area contributed by atoms with Crippen LogP contribution in [-0.4, -0.2) is 14.2 Å². The third kappa shape index (κ3) is 3.09. The minimum absolute atomic E-state index is 0.0583. The van der Waals surface area contributed by atoms with E-state index in [1.165, 1.54) is 6.07 Å². The highest BCUT2D eigenvalue weighted by Gasteiger charge is 2.31. The Kier molecular flexibility index (Phi) is 4.61. The van der Waals surface area contributed by atoms with Gasteiger partial charge in [-0.15, -0.1) is 0 Å². The molecule has 0 saturated heterocycles. The average molecular weight is 366 g/mol. The number of hydrogen-bond donors (Lipinski definition) is 0. The van der Waals surface area contributed by atoms with E-state index in [9.17, 15) is 35.2 Å². The van der Waals surface area contributed by atoms with Gasteiger partial charge < -0.3 is 4.18 Å². The third-order valence-corrected chi connectivity index (χ3v) is 4.11. The molecule has 10 heteroatoms. The predicted octanol–water partition coefficient (Wildman–Crippen LogP) is 3.35. The molecule has 0 saturated carbocycles. The second kappa shape index (κ2) is 6.19. The SMILES string of the molecule is CC(=O)c1cccc(S(=O)(=O)Oc2c(F)c(F)c(F)c(F)c2F)c1. The standard InChI is InChI=1S/C14H7F5O4S/c1-6(20)7-3-2-4-8(5-7)24(21,22)23-14-12(18)10(16)9(15)11(17)13(14)19/h2-5H,1H3. The van der Waals surface area contributed by atoms with E-state index < -0.39 is 55.6 Å². The highest BCUT2D eigenvalue weighted by Crippen LogP contribution is 2.31. The van der Waals surface area contributed by atoms with E-state index >= 15 is 0 Å². The molecule has 0 amide bonds. The first kappa shape index (κ1) is 17.9. The van der Waals surface area contributed by atoms with Gasteiger partial charge in [0.25, 0.3) is 0 Å². The molecule has 2 aromatic carbocycles. The van der Waals surface area contributed by atoms with Gasteiger partial charge >= 0.3 is 10.1 Å². The zero-order chi connectivity index (χ0) is 18.2. The molecule has 2 rings (SSSR count). The fourth-order valence-electron chi connectivity index (χ4n) is 1.69. The Labute approximate surface area is 132 Å². The van der Waals surface area contributed by atoms with Gasteiger partial charge in [-0.05, 0) is 19.1 Å². The maximum Gasteiger partial charge on any atom is 0.339 e. The van der Waals surface area contributed by atoms with Crippen molar-refractivity contribution >= 4 is 15.9 Å². The second-order valence-electron chi connectivity index (χ2n) is 4.52. The minimum atomic E-state index is -4.95. The number of halogens is 5. The van der Waals surface area contributed by atoms with Gasteiger partial charge in [0.15, 0.2) is 5.78 Å². The number of rotatable bonds is 4. The van der Waals surface area contributed by atoms with E-state index in [0.717, 1.165) is 25.1 Å². The molecule has 0 aromatic heterocycles. The van der Waals surface area contributed by atoms with Crippen molar-refractivity contribution in [1.29, 1.82) is 0 Å². The first-order chi connectivity index (χ1) is 11.1. The smallest absolute Gasteiger partial charge is 0.339 e. The largest absolute Gasteiger partial charge is 0.372 e. The lowest BCUT2D eigenvalue weighted by Gasteiger charge is -2.10. The minimum Gasteiger partial charge on any atom is -0.372 e. The van der Waals surface area contributed by atoms with E-state index in [0.29, 0.717) is 0 Å². The van der Waals surface area contributed by atoms with Crippen LogP contribution in [0, 0.1) is 29.1 Å². The Morgan fingerprint density at radius 3 is 1.92 bits per heavy atom. The molecule has 0 atom stereocenters. The second-order valence-corrected chi connectivity index (χ2v) is 6.07. The number of ketones is 1. The summed E-state index contributed by atoms with van der Waals surface area (Å²) in [4.78, 5) is 10.5. The van der Waals surface area contributed by atoms with Crippen LogP contribution in [-0.2, 0) is 10.1 Å². The first-order valence-corrected chi connectivity index (χ1v) is 7.54. The molecule has 0 heterocycles. The molecule has 0 bridgehead atoms. The maximum absolute atomic E-state index is 13.5. The maximum atomic E-state index is 13.5. The summed E-state index contributed by atoms with van der Waals surface area (Å²) < 4.78 is 94.1. The normalized spacial score (nSPS) is 11.4. The van der Waals surface area contributed by atoms with E-state index in [1.54, 1.807) is 0 Å². The van der Waals surface area contributed by atoms with Crippen LogP contribution in [0.5, 0.6) is 5.75 Å². The Hall–Kier alpha value is -2.49. The van der Waals surface area contributed by atoms with E-state index in [2.05, 4.69) is 4.18 Å². The van der Waals surface area contributed by atoms with Gasteiger partial charge in [-0.1, -0.05) is 12.1 Å². The van der Waals surface area contributed by atoms with Crippen molar-refractivity contribution in [3.05, 3.63) is 58.9 Å². The quantitative estimate of drug-likeness (QED) is 0.274. The monoisotopic (exact) mass is 366 g/mol. The lowest BCUT2D eigenvalue weighted by atomic mass is 10.2. The van der Waals surface area contributed by atoms with Crippen LogP contribution in [0.25, 0.3) is 0 Å². The highest BCUT2D eigenvalue weighted by atomic mass is 32.2. The van der Waals surface area contributed by atoms with Crippen molar-refractivity contribution in [2.75, 3.05) is 0 Å². The van der Waals surface area contributed by atoms with Gasteiger partial charge in [-0.25, -0.2) is 13.2 Å². The van der Waals surface area contributed by atoms with Crippen molar-refractivity contribution in [3.63, 3.8) is 0 Å². The number of carbonyl (C=O) groups is 1. The van der Waals surface area contributed by atoms with Crippen LogP contribution < -0.4 is 4.18 Å². The van der Waals surface area contributed by atoms with Crippen molar-refractivity contribution in [2.24, 2.45) is 0 Å². The predicted molar refractivity (Wildman–Crippen MR) is 70.5 cm³/mol. The molecular weight excluding hydrogens is 359 g/mol. The van der Waals surface area contributed by atoms with Crippen LogP contribution in [0.15, 0.2) is 29.2 Å². The van der Waals surface area contributed by atoms with Crippen molar-refractivity contribution < 1.29 is 39.3 Å². The summed E-state index contributed by atoms with van der Waals surface area (Å²) in [5, 5.41) is 0. The Balaban J connectivity index is 2.55. The van der Waals surface area contributed by atoms with Crippen LogP contribution in [0.3, 0.4) is 0 Å². The van der Waals surface area contributed by atoms with E-state index in [4.69, 9.17) is 0 Å². The molecule has 24 heavy (non-hydrogen) atoms. The Bertz CT molecular complexity index is 911. The molecule has 0 fully saturated rings. The summed E-state index contributed by atoms with van der Waals surface area (Å²) >= 11 is 0. The van der Waals surface area contributed by atoms with Crippen molar-refractivity contribution in [2.45, 2.75) is 11.8 Å². The van der Waals surface area contributed by atoms with E-state index in [-0.39, 0.29) is 5.56 Å². The summed E-state index contributed by atoms with van der Waals surface area (Å²) in [6.45, 7) is 1.14. The molecule has 0 N–H and O–H groups in total. The Morgan fingerprint density at radius 1 is 0.917 bits per heavy atom. The van der Waals surface area contributed by atoms with Gasteiger partial charge in [0.05, 0.1) is 0 Å². The summed E-state index contributed by atoms with van der Waals surface area (Å²) in [7, 11) is -4.95. The van der Waals surface area contributed by atoms with E-state index in [1.807, 2.05) is 0 Å². The molecule has 0 aliphatic rings. The number of carbonyl (C=O) groups excluding carboxylic acids is 1. The number of hydrogen-bond acceptors (Lipinski definition) is 4. The molecule has 0 unspecified atom stereocenters. The van der Waals surface area contributed by atoms with Crippen LogP contribution in [0.4, 0.5) is 22.0 Å². The fraction of sp³-hybridized carbons (Fsp3) is 0.0714. The lowest BCUT2D eigenvalue weighted by Crippen LogP contribution is -2.15. The molecular formula is C14H7F5O4S. The van der Waals surface area contributed by atoms with Gasteiger partial charge in [-0.2, -0.15) is 17.2 Å². The number of Topliss-reactive ketones (excluding diaryl/α,β-unsaturated/α-hetero) is 1. The molecule has 2 aromatic rings. The fourth-order valence-corrected chi connectivity index (χ4v) is 2.66. The third-order valence-electron chi connectivity index (χ3n) is 2.89. The first-order valence-electron chi connectivity index (χ1n) is 6.13. The summed E-state index contributed by atoms with van der Waals surface area (Å²) in [6, 6.07) is 4.17. The average Bonchev–Trinajstić information content (AvgIpc) is 2.55. The summed E-state index contributed by atoms with van der Waals surface area (Å²) in [5.74, 6) is -14.5. The molecule has 0 spiro atoms. The molecule has 128 valence electrons. The zero-order valence-electron chi connectivity index (χ0n) is 11.7. The lowest BCUT2D eigenvalue weighted by molar-refractivity contribution is 0.101. The van der Waals surface area contributed by atoms with Crippen LogP contribution >= 0.6 is 0 Å². The Morgan fingerprint density at radius 2 is 1.42 bits per heavy atom.